The SMILES string of the molecule is CC(C)(C)C(=O)OC1C(=O)OCC1(C)C. The zero-order valence-corrected chi connectivity index (χ0v) is 9.92. The Morgan fingerprint density at radius 3 is 2.33 bits per heavy atom. The first-order valence-corrected chi connectivity index (χ1v) is 5.02. The highest BCUT2D eigenvalue weighted by Crippen LogP contribution is 2.32. The first kappa shape index (κ1) is 12.0. The minimum atomic E-state index is -0.774. The smallest absolute Gasteiger partial charge is 0.348 e. The van der Waals surface area contributed by atoms with Crippen molar-refractivity contribution in [2.75, 3.05) is 6.61 Å². The molecule has 1 aliphatic heterocycles. The summed E-state index contributed by atoms with van der Waals surface area (Å²) in [6.45, 7) is 9.25. The molecule has 0 radical (unpaired) electrons. The van der Waals surface area contributed by atoms with Crippen molar-refractivity contribution in [2.45, 2.75) is 40.7 Å². The number of carbonyl (C=O) groups excluding carboxylic acids is 2. The molecule has 0 amide bonds. The Balaban J connectivity index is 2.74. The molecule has 0 spiro atoms. The minimum Gasteiger partial charge on any atom is -0.462 e. The van der Waals surface area contributed by atoms with Gasteiger partial charge in [-0.1, -0.05) is 13.8 Å². The third kappa shape index (κ3) is 2.49. The van der Waals surface area contributed by atoms with Crippen LogP contribution < -0.4 is 0 Å². The van der Waals surface area contributed by atoms with Gasteiger partial charge >= 0.3 is 11.9 Å². The van der Waals surface area contributed by atoms with E-state index in [1.165, 1.54) is 0 Å². The van der Waals surface area contributed by atoms with Crippen LogP contribution in [0.25, 0.3) is 0 Å². The average molecular weight is 214 g/mol. The number of esters is 2. The van der Waals surface area contributed by atoms with Gasteiger partial charge in [0.1, 0.15) is 6.61 Å². The highest BCUT2D eigenvalue weighted by Gasteiger charge is 2.47. The molecule has 15 heavy (non-hydrogen) atoms. The molecule has 1 heterocycles. The van der Waals surface area contributed by atoms with Gasteiger partial charge in [-0.05, 0) is 20.8 Å². The fraction of sp³-hybridized carbons (Fsp3) is 0.818. The monoisotopic (exact) mass is 214 g/mol. The Bertz CT molecular complexity index is 285. The maximum absolute atomic E-state index is 11.6. The van der Waals surface area contributed by atoms with E-state index in [0.29, 0.717) is 6.61 Å². The van der Waals surface area contributed by atoms with Crippen molar-refractivity contribution >= 4 is 11.9 Å². The van der Waals surface area contributed by atoms with Crippen LogP contribution in [0.4, 0.5) is 0 Å². The second-order valence-electron chi connectivity index (χ2n) is 5.63. The van der Waals surface area contributed by atoms with Crippen LogP contribution in [0.15, 0.2) is 0 Å². The summed E-state index contributed by atoms with van der Waals surface area (Å²) in [6.07, 6.45) is -0.774. The van der Waals surface area contributed by atoms with E-state index in [2.05, 4.69) is 0 Å². The molecule has 0 N–H and O–H groups in total. The van der Waals surface area contributed by atoms with Gasteiger partial charge in [0.05, 0.1) is 5.41 Å². The number of hydrogen-bond donors (Lipinski definition) is 0. The predicted molar refractivity (Wildman–Crippen MR) is 54.1 cm³/mol. The van der Waals surface area contributed by atoms with Gasteiger partial charge in [0, 0.05) is 5.41 Å². The maximum atomic E-state index is 11.6. The fourth-order valence-electron chi connectivity index (χ4n) is 1.22. The van der Waals surface area contributed by atoms with Gasteiger partial charge in [-0.2, -0.15) is 0 Å². The second kappa shape index (κ2) is 3.51. The van der Waals surface area contributed by atoms with Gasteiger partial charge in [-0.25, -0.2) is 4.79 Å². The van der Waals surface area contributed by atoms with Gasteiger partial charge in [-0.15, -0.1) is 0 Å². The third-order valence-electron chi connectivity index (χ3n) is 2.35. The van der Waals surface area contributed by atoms with Crippen LogP contribution in [0.1, 0.15) is 34.6 Å². The fourth-order valence-corrected chi connectivity index (χ4v) is 1.22. The molecule has 0 aromatic carbocycles. The summed E-state index contributed by atoms with van der Waals surface area (Å²) in [6, 6.07) is 0. The number of cyclic esters (lactones) is 1. The quantitative estimate of drug-likeness (QED) is 0.621. The first-order chi connectivity index (χ1) is 6.64. The Kier molecular flexibility index (Phi) is 2.81. The summed E-state index contributed by atoms with van der Waals surface area (Å²) >= 11 is 0. The van der Waals surface area contributed by atoms with E-state index in [-0.39, 0.29) is 5.97 Å². The van der Waals surface area contributed by atoms with E-state index in [0.717, 1.165) is 0 Å². The number of carbonyl (C=O) groups is 2. The van der Waals surface area contributed by atoms with Crippen LogP contribution in [-0.2, 0) is 19.1 Å². The highest BCUT2D eigenvalue weighted by atomic mass is 16.6. The van der Waals surface area contributed by atoms with Crippen molar-refractivity contribution in [3.8, 4) is 0 Å². The molecule has 0 bridgehead atoms. The van der Waals surface area contributed by atoms with Crippen LogP contribution in [0.2, 0.25) is 0 Å². The van der Waals surface area contributed by atoms with Gasteiger partial charge in [0.25, 0.3) is 0 Å². The van der Waals surface area contributed by atoms with Crippen LogP contribution in [0.5, 0.6) is 0 Å². The van der Waals surface area contributed by atoms with Gasteiger partial charge in [-0.3, -0.25) is 4.79 Å². The lowest BCUT2D eigenvalue weighted by Crippen LogP contribution is -2.38. The van der Waals surface area contributed by atoms with E-state index >= 15 is 0 Å². The maximum Gasteiger partial charge on any atom is 0.348 e. The molecule has 0 aromatic rings. The third-order valence-corrected chi connectivity index (χ3v) is 2.35. The lowest BCUT2D eigenvalue weighted by Gasteiger charge is -2.25. The summed E-state index contributed by atoms with van der Waals surface area (Å²) in [5.41, 5.74) is -1.03. The molecule has 0 aromatic heterocycles. The Hall–Kier alpha value is -1.06. The largest absolute Gasteiger partial charge is 0.462 e. The summed E-state index contributed by atoms with van der Waals surface area (Å²) in [5.74, 6) is -0.822. The summed E-state index contributed by atoms with van der Waals surface area (Å²) < 4.78 is 10.1. The number of rotatable bonds is 1. The van der Waals surface area contributed by atoms with Crippen molar-refractivity contribution in [3.63, 3.8) is 0 Å². The van der Waals surface area contributed by atoms with E-state index in [9.17, 15) is 9.59 Å². The molecular formula is C11H18O4. The second-order valence-corrected chi connectivity index (χ2v) is 5.63. The summed E-state index contributed by atoms with van der Waals surface area (Å²) in [7, 11) is 0. The van der Waals surface area contributed by atoms with Crippen molar-refractivity contribution in [1.82, 2.24) is 0 Å². The van der Waals surface area contributed by atoms with Crippen LogP contribution in [-0.4, -0.2) is 24.6 Å². The van der Waals surface area contributed by atoms with Gasteiger partial charge in [0.2, 0.25) is 6.10 Å². The lowest BCUT2D eigenvalue weighted by atomic mass is 9.89. The normalized spacial score (nSPS) is 24.9. The van der Waals surface area contributed by atoms with Crippen LogP contribution in [0.3, 0.4) is 0 Å². The van der Waals surface area contributed by atoms with Crippen LogP contribution in [0, 0.1) is 10.8 Å². The van der Waals surface area contributed by atoms with E-state index in [4.69, 9.17) is 9.47 Å². The van der Waals surface area contributed by atoms with Gasteiger partial charge in [0.15, 0.2) is 0 Å². The summed E-state index contributed by atoms with van der Waals surface area (Å²) in [4.78, 5) is 23.0. The molecule has 86 valence electrons. The zero-order chi connectivity index (χ0) is 11.9. The molecule has 0 saturated carbocycles. The number of hydrogen-bond acceptors (Lipinski definition) is 4. The predicted octanol–water partition coefficient (Wildman–Crippen LogP) is 1.53. The lowest BCUT2D eigenvalue weighted by molar-refractivity contribution is -0.169. The average Bonchev–Trinajstić information content (AvgIpc) is 2.29. The van der Waals surface area contributed by atoms with E-state index in [1.54, 1.807) is 20.8 Å². The molecule has 1 unspecified atom stereocenters. The Morgan fingerprint density at radius 1 is 1.47 bits per heavy atom. The first-order valence-electron chi connectivity index (χ1n) is 5.02. The standard InChI is InChI=1S/C11H18O4/c1-10(2,3)9(13)15-7-8(12)14-6-11(7,4)5/h7H,6H2,1-5H3. The van der Waals surface area contributed by atoms with Crippen molar-refractivity contribution < 1.29 is 19.1 Å². The molecule has 4 nitrogen and oxygen atoms in total. The van der Waals surface area contributed by atoms with E-state index in [1.807, 2.05) is 13.8 Å². The van der Waals surface area contributed by atoms with Crippen molar-refractivity contribution in [2.24, 2.45) is 10.8 Å². The topological polar surface area (TPSA) is 52.6 Å². The van der Waals surface area contributed by atoms with Crippen molar-refractivity contribution in [3.05, 3.63) is 0 Å². The minimum absolute atomic E-state index is 0.300. The molecule has 1 fully saturated rings. The van der Waals surface area contributed by atoms with Gasteiger partial charge < -0.3 is 9.47 Å². The molecule has 1 aliphatic rings. The van der Waals surface area contributed by atoms with Crippen LogP contribution >= 0.6 is 0 Å². The highest BCUT2D eigenvalue weighted by molar-refractivity contribution is 5.83. The van der Waals surface area contributed by atoms with Crippen molar-refractivity contribution in [1.29, 1.82) is 0 Å². The number of ether oxygens (including phenoxy) is 2. The van der Waals surface area contributed by atoms with E-state index < -0.39 is 22.9 Å². The molecular weight excluding hydrogens is 196 g/mol. The Morgan fingerprint density at radius 2 is 2.00 bits per heavy atom. The summed E-state index contributed by atoms with van der Waals surface area (Å²) in [5, 5.41) is 0. The zero-order valence-electron chi connectivity index (χ0n) is 9.92. The molecule has 1 saturated heterocycles. The Labute approximate surface area is 89.9 Å². The molecule has 1 atom stereocenters. The molecule has 0 aliphatic carbocycles. The molecule has 4 heteroatoms. The molecule has 1 rings (SSSR count).